The molecule has 3 heteroatoms. The quantitative estimate of drug-likeness (QED) is 0.209. The number of hydrogen-bond donors (Lipinski definition) is 0. The van der Waals surface area contributed by atoms with Crippen molar-refractivity contribution in [3.8, 4) is 44.8 Å². The second kappa shape index (κ2) is 10.1. The highest BCUT2D eigenvalue weighted by molar-refractivity contribution is 6.12. The number of aromatic nitrogens is 2. The lowest BCUT2D eigenvalue weighted by molar-refractivity contribution is 0.666. The van der Waals surface area contributed by atoms with Gasteiger partial charge in [-0.05, 0) is 69.6 Å². The van der Waals surface area contributed by atoms with Crippen LogP contribution in [-0.2, 0) is 0 Å². The molecule has 0 fully saturated rings. The Kier molecular flexibility index (Phi) is 5.79. The summed E-state index contributed by atoms with van der Waals surface area (Å²) in [5.41, 5.74) is 15.5. The average molecular weight is 577 g/mol. The molecular weight excluding hydrogens is 548 g/mol. The van der Waals surface area contributed by atoms with E-state index >= 15 is 0 Å². The zero-order valence-electron chi connectivity index (χ0n) is 24.7. The molecule has 1 aliphatic carbocycles. The molecule has 0 radical (unpaired) electrons. The fourth-order valence-corrected chi connectivity index (χ4v) is 7.17. The second-order valence-corrected chi connectivity index (χ2v) is 11.8. The zero-order valence-corrected chi connectivity index (χ0v) is 24.7. The molecule has 0 unspecified atom stereocenters. The predicted octanol–water partition coefficient (Wildman–Crippen LogP) is 10.8. The Morgan fingerprint density at radius 3 is 1.91 bits per heavy atom. The minimum absolute atomic E-state index is 0.156. The number of nitrogens with zero attached hydrogens (tertiary/aromatic N) is 2. The molecule has 3 aromatic heterocycles. The summed E-state index contributed by atoms with van der Waals surface area (Å²) in [6.45, 7) is 2.17. The maximum atomic E-state index is 6.45. The predicted molar refractivity (Wildman–Crippen MR) is 183 cm³/mol. The summed E-state index contributed by atoms with van der Waals surface area (Å²) in [7, 11) is 0. The van der Waals surface area contributed by atoms with Crippen LogP contribution in [0.4, 0.5) is 0 Å². The summed E-state index contributed by atoms with van der Waals surface area (Å²) in [6.07, 6.45) is 3.77. The van der Waals surface area contributed by atoms with E-state index in [4.69, 9.17) is 9.40 Å². The molecule has 0 aliphatic heterocycles. The van der Waals surface area contributed by atoms with Crippen LogP contribution in [0.15, 0.2) is 150 Å². The summed E-state index contributed by atoms with van der Waals surface area (Å²) >= 11 is 0. The Morgan fingerprint density at radius 2 is 1.20 bits per heavy atom. The van der Waals surface area contributed by atoms with Crippen molar-refractivity contribution in [3.63, 3.8) is 0 Å². The topological polar surface area (TPSA) is 38.9 Å². The zero-order chi connectivity index (χ0) is 29.9. The molecule has 0 amide bonds. The van der Waals surface area contributed by atoms with Crippen molar-refractivity contribution in [1.82, 2.24) is 9.97 Å². The summed E-state index contributed by atoms with van der Waals surface area (Å²) in [5, 5.41) is 2.12. The highest BCUT2D eigenvalue weighted by Crippen LogP contribution is 2.49. The third-order valence-corrected chi connectivity index (χ3v) is 9.25. The van der Waals surface area contributed by atoms with Gasteiger partial charge in [-0.15, -0.1) is 0 Å². The number of furan rings is 1. The van der Waals surface area contributed by atoms with E-state index in [1.54, 1.807) is 0 Å². The van der Waals surface area contributed by atoms with Gasteiger partial charge in [0.25, 0.3) is 0 Å². The third-order valence-electron chi connectivity index (χ3n) is 9.25. The van der Waals surface area contributed by atoms with Crippen LogP contribution in [0.3, 0.4) is 0 Å². The minimum Gasteiger partial charge on any atom is -0.454 e. The van der Waals surface area contributed by atoms with Gasteiger partial charge in [0.15, 0.2) is 5.58 Å². The van der Waals surface area contributed by atoms with Crippen LogP contribution in [0.2, 0.25) is 0 Å². The van der Waals surface area contributed by atoms with Gasteiger partial charge in [-0.3, -0.25) is 4.98 Å². The molecule has 5 aromatic carbocycles. The van der Waals surface area contributed by atoms with E-state index in [2.05, 4.69) is 139 Å². The number of benzene rings is 5. The molecule has 3 heterocycles. The van der Waals surface area contributed by atoms with E-state index in [1.807, 2.05) is 18.5 Å². The van der Waals surface area contributed by atoms with Gasteiger partial charge in [-0.2, -0.15) is 0 Å². The second-order valence-electron chi connectivity index (χ2n) is 11.8. The van der Waals surface area contributed by atoms with Gasteiger partial charge in [0, 0.05) is 34.0 Å². The van der Waals surface area contributed by atoms with Crippen molar-refractivity contribution in [2.24, 2.45) is 0 Å². The van der Waals surface area contributed by atoms with Crippen molar-refractivity contribution in [3.05, 3.63) is 168 Å². The Balaban J connectivity index is 1.29. The number of pyridine rings is 2. The first-order valence-corrected chi connectivity index (χ1v) is 15.4. The van der Waals surface area contributed by atoms with Crippen LogP contribution in [-0.4, -0.2) is 9.97 Å². The minimum atomic E-state index is 0.156. The van der Waals surface area contributed by atoms with Crippen molar-refractivity contribution >= 4 is 21.9 Å². The van der Waals surface area contributed by atoms with Gasteiger partial charge < -0.3 is 4.42 Å². The standard InChI is InChI=1S/C42H28N2O/c1-26-34(27-12-4-2-5-13-27)23-37(28-14-6-3-7-15-28)44-42(26)36-24-43-25-39-41(36)35-22-29(20-21-38(35)45-39)40-32-18-10-8-16-30(32)31-17-9-11-19-33(31)40/h2-25,40H,1H3. The van der Waals surface area contributed by atoms with Gasteiger partial charge in [0.1, 0.15) is 5.58 Å². The number of hydrogen-bond acceptors (Lipinski definition) is 3. The molecule has 3 nitrogen and oxygen atoms in total. The Hall–Kier alpha value is -5.80. The maximum absolute atomic E-state index is 6.45. The lowest BCUT2D eigenvalue weighted by Gasteiger charge is -2.16. The molecule has 0 bridgehead atoms. The summed E-state index contributed by atoms with van der Waals surface area (Å²) < 4.78 is 6.45. The van der Waals surface area contributed by atoms with Gasteiger partial charge >= 0.3 is 0 Å². The monoisotopic (exact) mass is 576 g/mol. The molecule has 8 aromatic rings. The van der Waals surface area contributed by atoms with E-state index in [0.29, 0.717) is 0 Å². The fraction of sp³-hybridized carbons (Fsp3) is 0.0476. The highest BCUT2D eigenvalue weighted by atomic mass is 16.3. The lowest BCUT2D eigenvalue weighted by Crippen LogP contribution is -1.99. The molecule has 0 saturated heterocycles. The van der Waals surface area contributed by atoms with Crippen molar-refractivity contribution < 1.29 is 4.42 Å². The van der Waals surface area contributed by atoms with Crippen molar-refractivity contribution in [2.45, 2.75) is 12.8 Å². The summed E-state index contributed by atoms with van der Waals surface area (Å²) in [5.74, 6) is 0.156. The van der Waals surface area contributed by atoms with E-state index in [1.165, 1.54) is 27.8 Å². The fourth-order valence-electron chi connectivity index (χ4n) is 7.17. The molecule has 0 N–H and O–H groups in total. The lowest BCUT2D eigenvalue weighted by atomic mass is 9.88. The molecule has 45 heavy (non-hydrogen) atoms. The highest BCUT2D eigenvalue weighted by Gasteiger charge is 2.30. The molecule has 212 valence electrons. The SMILES string of the molecule is Cc1c(-c2ccccc2)cc(-c2ccccc2)nc1-c1cncc2oc3ccc(C4c5ccccc5-c5ccccc54)cc3c12. The molecule has 0 spiro atoms. The largest absolute Gasteiger partial charge is 0.454 e. The molecule has 0 atom stereocenters. The molecule has 1 aliphatic rings. The summed E-state index contributed by atoms with van der Waals surface area (Å²) in [6, 6.07) is 47.4. The van der Waals surface area contributed by atoms with E-state index < -0.39 is 0 Å². The Bertz CT molecular complexity index is 2340. The first kappa shape index (κ1) is 25.7. The first-order valence-electron chi connectivity index (χ1n) is 15.4. The third kappa shape index (κ3) is 4.05. The number of fused-ring (bicyclic) bond motifs is 6. The Morgan fingerprint density at radius 1 is 0.556 bits per heavy atom. The number of rotatable bonds is 4. The van der Waals surface area contributed by atoms with Crippen molar-refractivity contribution in [2.75, 3.05) is 0 Å². The smallest absolute Gasteiger partial charge is 0.154 e. The molecule has 9 rings (SSSR count). The maximum Gasteiger partial charge on any atom is 0.154 e. The normalized spacial score (nSPS) is 12.5. The van der Waals surface area contributed by atoms with Crippen LogP contribution in [0.25, 0.3) is 66.7 Å². The van der Waals surface area contributed by atoms with Crippen LogP contribution >= 0.6 is 0 Å². The molecular formula is C42H28N2O. The van der Waals surface area contributed by atoms with Crippen LogP contribution in [0, 0.1) is 6.92 Å². The van der Waals surface area contributed by atoms with Gasteiger partial charge in [-0.1, -0.05) is 115 Å². The van der Waals surface area contributed by atoms with Crippen LogP contribution in [0.1, 0.15) is 28.2 Å². The van der Waals surface area contributed by atoms with Crippen molar-refractivity contribution in [1.29, 1.82) is 0 Å². The Labute approximate surface area is 261 Å². The van der Waals surface area contributed by atoms with Gasteiger partial charge in [0.05, 0.1) is 17.6 Å². The van der Waals surface area contributed by atoms with Crippen LogP contribution in [0.5, 0.6) is 0 Å². The van der Waals surface area contributed by atoms with E-state index in [-0.39, 0.29) is 5.92 Å². The summed E-state index contributed by atoms with van der Waals surface area (Å²) in [4.78, 5) is 9.97. The van der Waals surface area contributed by atoms with Gasteiger partial charge in [0.2, 0.25) is 0 Å². The first-order chi connectivity index (χ1) is 22.2. The molecule has 0 saturated carbocycles. The van der Waals surface area contributed by atoms with E-state index in [0.717, 1.165) is 61.1 Å². The van der Waals surface area contributed by atoms with E-state index in [9.17, 15) is 0 Å². The average Bonchev–Trinajstić information content (AvgIpc) is 3.65. The van der Waals surface area contributed by atoms with Crippen LogP contribution < -0.4 is 0 Å². The van der Waals surface area contributed by atoms with Gasteiger partial charge in [-0.25, -0.2) is 4.98 Å².